The highest BCUT2D eigenvalue weighted by atomic mass is 15.1. The average molecular weight is 288 g/mol. The van der Waals surface area contributed by atoms with Gasteiger partial charge in [-0.15, -0.1) is 0 Å². The van der Waals surface area contributed by atoms with E-state index in [1.165, 1.54) is 48.3 Å². The van der Waals surface area contributed by atoms with Crippen molar-refractivity contribution in [3.05, 3.63) is 71.8 Å². The van der Waals surface area contributed by atoms with Crippen LogP contribution in [0.2, 0.25) is 0 Å². The quantitative estimate of drug-likeness (QED) is 0.810. The lowest BCUT2D eigenvalue weighted by Gasteiger charge is -2.21. The minimum Gasteiger partial charge on any atom is -0.372 e. The molecule has 0 saturated carbocycles. The lowest BCUT2D eigenvalue weighted by atomic mass is 9.91. The Balaban J connectivity index is 1.69. The highest BCUT2D eigenvalue weighted by Crippen LogP contribution is 2.27. The van der Waals surface area contributed by atoms with E-state index in [2.05, 4.69) is 60.0 Å². The molecule has 0 amide bonds. The Kier molecular flexibility index (Phi) is 3.30. The van der Waals surface area contributed by atoms with Crippen LogP contribution in [0.4, 0.5) is 5.69 Å². The molecule has 1 fully saturated rings. The molecular formula is C20H20N2. The molecule has 2 aromatic rings. The van der Waals surface area contributed by atoms with Crippen LogP contribution in [-0.4, -0.2) is 25.3 Å². The third-order valence-electron chi connectivity index (χ3n) is 4.60. The zero-order chi connectivity index (χ0) is 14.9. The van der Waals surface area contributed by atoms with Crippen LogP contribution in [0, 0.1) is 0 Å². The van der Waals surface area contributed by atoms with Gasteiger partial charge in [-0.05, 0) is 36.1 Å². The molecule has 0 atom stereocenters. The fraction of sp³-hybridized carbons (Fsp3) is 0.250. The van der Waals surface area contributed by atoms with E-state index in [4.69, 9.17) is 4.99 Å². The fourth-order valence-corrected chi connectivity index (χ4v) is 3.39. The van der Waals surface area contributed by atoms with Gasteiger partial charge in [0.15, 0.2) is 0 Å². The van der Waals surface area contributed by atoms with Crippen LogP contribution in [0.5, 0.6) is 0 Å². The minimum atomic E-state index is 0.695. The lowest BCUT2D eigenvalue weighted by molar-refractivity contribution is 0.949. The number of anilines is 1. The first-order valence-corrected chi connectivity index (χ1v) is 8.00. The molecule has 4 rings (SSSR count). The number of benzene rings is 2. The zero-order valence-electron chi connectivity index (χ0n) is 12.8. The number of fused-ring (bicyclic) bond motifs is 1. The van der Waals surface area contributed by atoms with Crippen LogP contribution >= 0.6 is 0 Å². The second-order valence-electron chi connectivity index (χ2n) is 6.06. The highest BCUT2D eigenvalue weighted by molar-refractivity contribution is 6.16. The molecule has 0 aliphatic carbocycles. The molecule has 0 spiro atoms. The normalized spacial score (nSPS) is 17.4. The molecule has 110 valence electrons. The first-order chi connectivity index (χ1) is 10.8. The van der Waals surface area contributed by atoms with E-state index in [1.807, 2.05) is 0 Å². The summed E-state index contributed by atoms with van der Waals surface area (Å²) in [6, 6.07) is 17.3. The highest BCUT2D eigenvalue weighted by Gasteiger charge is 2.18. The lowest BCUT2D eigenvalue weighted by Crippen LogP contribution is -2.18. The molecule has 2 nitrogen and oxygen atoms in total. The van der Waals surface area contributed by atoms with Crippen molar-refractivity contribution in [1.29, 1.82) is 0 Å². The topological polar surface area (TPSA) is 15.6 Å². The summed E-state index contributed by atoms with van der Waals surface area (Å²) in [5, 5.41) is 0. The van der Waals surface area contributed by atoms with Gasteiger partial charge in [-0.25, -0.2) is 0 Å². The van der Waals surface area contributed by atoms with Gasteiger partial charge >= 0.3 is 0 Å². The predicted octanol–water partition coefficient (Wildman–Crippen LogP) is 4.15. The van der Waals surface area contributed by atoms with Crippen LogP contribution in [-0.2, 0) is 0 Å². The maximum Gasteiger partial charge on any atom is 0.0729 e. The van der Waals surface area contributed by atoms with E-state index in [0.29, 0.717) is 6.54 Å². The van der Waals surface area contributed by atoms with Crippen molar-refractivity contribution in [2.45, 2.75) is 12.8 Å². The third-order valence-corrected chi connectivity index (χ3v) is 4.60. The molecule has 0 N–H and O–H groups in total. The summed E-state index contributed by atoms with van der Waals surface area (Å²) in [7, 11) is 0. The minimum absolute atomic E-state index is 0.695. The van der Waals surface area contributed by atoms with E-state index >= 15 is 0 Å². The second-order valence-corrected chi connectivity index (χ2v) is 6.06. The summed E-state index contributed by atoms with van der Waals surface area (Å²) in [6.07, 6.45) is 2.62. The largest absolute Gasteiger partial charge is 0.372 e. The Labute approximate surface area is 131 Å². The molecule has 0 aromatic heterocycles. The van der Waals surface area contributed by atoms with Crippen molar-refractivity contribution >= 4 is 17.0 Å². The van der Waals surface area contributed by atoms with Gasteiger partial charge in [0.2, 0.25) is 0 Å². The monoisotopic (exact) mass is 288 g/mol. The Morgan fingerprint density at radius 2 is 1.55 bits per heavy atom. The summed E-state index contributed by atoms with van der Waals surface area (Å²) in [5.41, 5.74) is 7.16. The van der Waals surface area contributed by atoms with Crippen LogP contribution < -0.4 is 4.90 Å². The molecule has 0 radical (unpaired) electrons. The molecule has 2 aromatic carbocycles. The summed E-state index contributed by atoms with van der Waals surface area (Å²) in [5.74, 6) is 0. The van der Waals surface area contributed by atoms with Crippen LogP contribution in [0.15, 0.2) is 60.1 Å². The molecule has 2 aliphatic heterocycles. The smallest absolute Gasteiger partial charge is 0.0729 e. The van der Waals surface area contributed by atoms with Gasteiger partial charge < -0.3 is 4.90 Å². The van der Waals surface area contributed by atoms with Crippen LogP contribution in [0.1, 0.15) is 29.5 Å². The van der Waals surface area contributed by atoms with E-state index in [0.717, 1.165) is 11.3 Å². The average Bonchev–Trinajstić information content (AvgIpc) is 3.10. The number of hydrogen-bond acceptors (Lipinski definition) is 2. The van der Waals surface area contributed by atoms with Crippen LogP contribution in [0.25, 0.3) is 5.57 Å². The molecule has 2 aliphatic rings. The zero-order valence-corrected chi connectivity index (χ0v) is 12.8. The van der Waals surface area contributed by atoms with E-state index in [-0.39, 0.29) is 0 Å². The number of nitrogens with zero attached hydrogens (tertiary/aromatic N) is 2. The standard InChI is InChI=1S/C20H20N2/c1-15-14-21-20(19-7-3-2-6-18(15)19)16-8-10-17(11-9-16)22-12-4-5-13-22/h2-3,6-11H,1,4-5,12-14H2. The number of hydrogen-bond donors (Lipinski definition) is 0. The fourth-order valence-electron chi connectivity index (χ4n) is 3.39. The molecule has 2 heteroatoms. The molecule has 0 unspecified atom stereocenters. The van der Waals surface area contributed by atoms with Gasteiger partial charge in [-0.2, -0.15) is 0 Å². The SMILES string of the molecule is C=C1CN=C(c2ccc(N3CCCC3)cc2)c2ccccc21. The van der Waals surface area contributed by atoms with Crippen molar-refractivity contribution in [2.24, 2.45) is 4.99 Å². The number of aliphatic imine (C=N–C) groups is 1. The Morgan fingerprint density at radius 1 is 0.864 bits per heavy atom. The van der Waals surface area contributed by atoms with E-state index in [9.17, 15) is 0 Å². The van der Waals surface area contributed by atoms with Crippen molar-refractivity contribution < 1.29 is 0 Å². The van der Waals surface area contributed by atoms with Gasteiger partial charge in [0.25, 0.3) is 0 Å². The third kappa shape index (κ3) is 2.25. The van der Waals surface area contributed by atoms with Crippen molar-refractivity contribution in [3.63, 3.8) is 0 Å². The van der Waals surface area contributed by atoms with Gasteiger partial charge in [0.1, 0.15) is 0 Å². The molecule has 2 heterocycles. The molecule has 1 saturated heterocycles. The predicted molar refractivity (Wildman–Crippen MR) is 93.9 cm³/mol. The molecule has 0 bridgehead atoms. The first-order valence-electron chi connectivity index (χ1n) is 8.00. The molecular weight excluding hydrogens is 268 g/mol. The summed E-state index contributed by atoms with van der Waals surface area (Å²) >= 11 is 0. The Morgan fingerprint density at radius 3 is 2.27 bits per heavy atom. The Bertz CT molecular complexity index is 735. The summed E-state index contributed by atoms with van der Waals surface area (Å²) in [6.45, 7) is 7.20. The van der Waals surface area contributed by atoms with E-state index < -0.39 is 0 Å². The van der Waals surface area contributed by atoms with E-state index in [1.54, 1.807) is 0 Å². The maximum absolute atomic E-state index is 4.75. The van der Waals surface area contributed by atoms with Crippen molar-refractivity contribution in [2.75, 3.05) is 24.5 Å². The second kappa shape index (κ2) is 5.45. The van der Waals surface area contributed by atoms with Gasteiger partial charge in [0, 0.05) is 29.9 Å². The Hall–Kier alpha value is -2.35. The van der Waals surface area contributed by atoms with Crippen LogP contribution in [0.3, 0.4) is 0 Å². The van der Waals surface area contributed by atoms with Crippen molar-refractivity contribution in [1.82, 2.24) is 0 Å². The summed E-state index contributed by atoms with van der Waals surface area (Å²) in [4.78, 5) is 7.21. The number of rotatable bonds is 2. The molecule has 22 heavy (non-hydrogen) atoms. The summed E-state index contributed by atoms with van der Waals surface area (Å²) < 4.78 is 0. The van der Waals surface area contributed by atoms with Gasteiger partial charge in [-0.3, -0.25) is 4.99 Å². The first kappa shape index (κ1) is 13.3. The maximum atomic E-state index is 4.75. The van der Waals surface area contributed by atoms with Crippen molar-refractivity contribution in [3.8, 4) is 0 Å². The van der Waals surface area contributed by atoms with Gasteiger partial charge in [-0.1, -0.05) is 43.0 Å². The van der Waals surface area contributed by atoms with Gasteiger partial charge in [0.05, 0.1) is 12.3 Å².